The van der Waals surface area contributed by atoms with Crippen molar-refractivity contribution in [3.05, 3.63) is 23.8 Å². The van der Waals surface area contributed by atoms with Crippen molar-refractivity contribution < 1.29 is 14.3 Å². The van der Waals surface area contributed by atoms with E-state index in [-0.39, 0.29) is 0 Å². The number of esters is 1. The molecule has 0 unspecified atom stereocenters. The Morgan fingerprint density at radius 3 is 2.60 bits per heavy atom. The summed E-state index contributed by atoms with van der Waals surface area (Å²) in [5.41, 5.74) is 7.60. The average Bonchev–Trinajstić information content (AvgIpc) is 2.43. The number of anilines is 2. The van der Waals surface area contributed by atoms with Gasteiger partial charge >= 0.3 is 5.97 Å². The zero-order valence-corrected chi connectivity index (χ0v) is 12.7. The van der Waals surface area contributed by atoms with Crippen LogP contribution >= 0.6 is 0 Å². The lowest BCUT2D eigenvalue weighted by Gasteiger charge is -2.27. The summed E-state index contributed by atoms with van der Waals surface area (Å²) in [5, 5.41) is 0. The summed E-state index contributed by atoms with van der Waals surface area (Å²) < 4.78 is 9.89. The highest BCUT2D eigenvalue weighted by Gasteiger charge is 2.14. The van der Waals surface area contributed by atoms with Gasteiger partial charge in [0.2, 0.25) is 0 Å². The number of ether oxygens (including phenoxy) is 2. The summed E-state index contributed by atoms with van der Waals surface area (Å²) in [6.07, 6.45) is 0. The van der Waals surface area contributed by atoms with E-state index in [1.54, 1.807) is 19.2 Å². The van der Waals surface area contributed by atoms with Gasteiger partial charge in [-0.25, -0.2) is 4.79 Å². The average molecular weight is 280 g/mol. The fourth-order valence-electron chi connectivity index (χ4n) is 2.00. The van der Waals surface area contributed by atoms with E-state index < -0.39 is 5.97 Å². The highest BCUT2D eigenvalue weighted by Crippen LogP contribution is 2.22. The van der Waals surface area contributed by atoms with Gasteiger partial charge in [0.15, 0.2) is 0 Å². The van der Waals surface area contributed by atoms with Crippen molar-refractivity contribution in [1.82, 2.24) is 0 Å². The Morgan fingerprint density at radius 2 is 2.05 bits per heavy atom. The van der Waals surface area contributed by atoms with Crippen LogP contribution in [0.1, 0.15) is 24.2 Å². The minimum absolute atomic E-state index is 0.399. The van der Waals surface area contributed by atoms with E-state index in [1.165, 1.54) is 7.11 Å². The number of nitrogens with zero attached hydrogens (tertiary/aromatic N) is 1. The molecule has 1 aromatic rings. The van der Waals surface area contributed by atoms with Gasteiger partial charge < -0.3 is 20.1 Å². The third kappa shape index (κ3) is 4.42. The monoisotopic (exact) mass is 280 g/mol. The molecule has 0 saturated carbocycles. The Morgan fingerprint density at radius 1 is 1.35 bits per heavy atom. The van der Waals surface area contributed by atoms with E-state index in [4.69, 9.17) is 15.2 Å². The molecular weight excluding hydrogens is 256 g/mol. The Labute approximate surface area is 120 Å². The van der Waals surface area contributed by atoms with Crippen molar-refractivity contribution in [3.63, 3.8) is 0 Å². The minimum Gasteiger partial charge on any atom is -0.465 e. The van der Waals surface area contributed by atoms with Crippen LogP contribution in [0.5, 0.6) is 0 Å². The predicted octanol–water partition coefficient (Wildman–Crippen LogP) is 2.16. The SMILES string of the molecule is COCCN(CC(C)C)c1ccc(N)c(C(=O)OC)c1. The van der Waals surface area contributed by atoms with Crippen LogP contribution in [0, 0.1) is 5.92 Å². The van der Waals surface area contributed by atoms with Crippen molar-refractivity contribution in [1.29, 1.82) is 0 Å². The van der Waals surface area contributed by atoms with Crippen LogP contribution in [0.3, 0.4) is 0 Å². The first kappa shape index (κ1) is 16.3. The van der Waals surface area contributed by atoms with Crippen molar-refractivity contribution in [2.45, 2.75) is 13.8 Å². The molecule has 1 aromatic carbocycles. The molecular formula is C15H24N2O3. The highest BCUT2D eigenvalue weighted by molar-refractivity contribution is 5.96. The standard InChI is InChI=1S/C15H24N2O3/c1-11(2)10-17(7-8-19-3)12-5-6-14(16)13(9-12)15(18)20-4/h5-6,9,11H,7-8,10,16H2,1-4H3. The molecule has 5 heteroatoms. The molecule has 5 nitrogen and oxygen atoms in total. The Kier molecular flexibility index (Phi) is 6.31. The van der Waals surface area contributed by atoms with Crippen molar-refractivity contribution in [2.24, 2.45) is 5.92 Å². The molecule has 0 amide bonds. The maximum Gasteiger partial charge on any atom is 0.340 e. The lowest BCUT2D eigenvalue weighted by Crippen LogP contribution is -2.31. The number of nitrogen functional groups attached to an aromatic ring is 1. The van der Waals surface area contributed by atoms with Gasteiger partial charge in [0.25, 0.3) is 0 Å². The third-order valence-corrected chi connectivity index (χ3v) is 2.96. The Bertz CT molecular complexity index is 447. The predicted molar refractivity (Wildman–Crippen MR) is 81.1 cm³/mol. The second kappa shape index (κ2) is 7.75. The normalized spacial score (nSPS) is 10.7. The summed E-state index contributed by atoms with van der Waals surface area (Å²) >= 11 is 0. The van der Waals surface area contributed by atoms with Gasteiger partial charge in [0, 0.05) is 31.6 Å². The lowest BCUT2D eigenvalue weighted by atomic mass is 10.1. The summed E-state index contributed by atoms with van der Waals surface area (Å²) in [6.45, 7) is 6.58. The van der Waals surface area contributed by atoms with Gasteiger partial charge in [-0.1, -0.05) is 13.8 Å². The van der Waals surface area contributed by atoms with Gasteiger partial charge in [-0.2, -0.15) is 0 Å². The van der Waals surface area contributed by atoms with Crippen molar-refractivity contribution in [3.8, 4) is 0 Å². The van der Waals surface area contributed by atoms with Gasteiger partial charge in [-0.15, -0.1) is 0 Å². The second-order valence-corrected chi connectivity index (χ2v) is 5.10. The molecule has 0 spiro atoms. The van der Waals surface area contributed by atoms with Crippen LogP contribution in [-0.4, -0.2) is 39.9 Å². The molecule has 20 heavy (non-hydrogen) atoms. The number of hydrogen-bond acceptors (Lipinski definition) is 5. The molecule has 0 aliphatic carbocycles. The van der Waals surface area contributed by atoms with E-state index in [1.807, 2.05) is 6.07 Å². The van der Waals surface area contributed by atoms with Gasteiger partial charge in [0.1, 0.15) is 0 Å². The number of methoxy groups -OCH3 is 2. The maximum absolute atomic E-state index is 11.7. The second-order valence-electron chi connectivity index (χ2n) is 5.10. The molecule has 2 N–H and O–H groups in total. The quantitative estimate of drug-likeness (QED) is 0.612. The summed E-state index contributed by atoms with van der Waals surface area (Å²) in [6, 6.07) is 5.43. The fourth-order valence-corrected chi connectivity index (χ4v) is 2.00. The first-order chi connectivity index (χ1) is 9.49. The molecule has 112 valence electrons. The lowest BCUT2D eigenvalue weighted by molar-refractivity contribution is 0.0602. The van der Waals surface area contributed by atoms with Crippen LogP contribution in [0.2, 0.25) is 0 Å². The fraction of sp³-hybridized carbons (Fsp3) is 0.533. The number of hydrogen-bond donors (Lipinski definition) is 1. The molecule has 0 aliphatic rings. The zero-order chi connectivity index (χ0) is 15.1. The number of benzene rings is 1. The smallest absolute Gasteiger partial charge is 0.340 e. The zero-order valence-electron chi connectivity index (χ0n) is 12.7. The van der Waals surface area contributed by atoms with E-state index in [9.17, 15) is 4.79 Å². The number of nitrogens with two attached hydrogens (primary N) is 1. The molecule has 0 radical (unpaired) electrons. The molecule has 0 bridgehead atoms. The van der Waals surface area contributed by atoms with Gasteiger partial charge in [-0.05, 0) is 24.1 Å². The molecule has 0 fully saturated rings. The maximum atomic E-state index is 11.7. The molecule has 0 saturated heterocycles. The summed E-state index contributed by atoms with van der Waals surface area (Å²) in [4.78, 5) is 13.9. The van der Waals surface area contributed by atoms with E-state index >= 15 is 0 Å². The molecule has 0 atom stereocenters. The van der Waals surface area contributed by atoms with Crippen LogP contribution in [0.15, 0.2) is 18.2 Å². The third-order valence-electron chi connectivity index (χ3n) is 2.96. The van der Waals surface area contributed by atoms with Crippen molar-refractivity contribution in [2.75, 3.05) is 44.5 Å². The molecule has 0 heterocycles. The van der Waals surface area contributed by atoms with Crippen molar-refractivity contribution >= 4 is 17.3 Å². The summed E-state index contributed by atoms with van der Waals surface area (Å²) in [5.74, 6) is 0.0894. The van der Waals surface area contributed by atoms with Crippen LogP contribution in [0.4, 0.5) is 11.4 Å². The number of carbonyl (C=O) groups excluding carboxylic acids is 1. The van der Waals surface area contributed by atoms with Gasteiger partial charge in [-0.3, -0.25) is 0 Å². The Hall–Kier alpha value is -1.75. The highest BCUT2D eigenvalue weighted by atomic mass is 16.5. The summed E-state index contributed by atoms with van der Waals surface area (Å²) in [7, 11) is 3.03. The molecule has 0 aromatic heterocycles. The van der Waals surface area contributed by atoms with Crippen LogP contribution in [-0.2, 0) is 9.47 Å². The number of rotatable bonds is 7. The van der Waals surface area contributed by atoms with E-state index in [2.05, 4.69) is 18.7 Å². The molecule has 0 aliphatic heterocycles. The number of carbonyl (C=O) groups is 1. The first-order valence-corrected chi connectivity index (χ1v) is 6.71. The van der Waals surface area contributed by atoms with E-state index in [0.29, 0.717) is 23.8 Å². The van der Waals surface area contributed by atoms with E-state index in [0.717, 1.165) is 18.8 Å². The minimum atomic E-state index is -0.416. The largest absolute Gasteiger partial charge is 0.465 e. The Balaban J connectivity index is 3.03. The van der Waals surface area contributed by atoms with Crippen LogP contribution < -0.4 is 10.6 Å². The molecule has 1 rings (SSSR count). The van der Waals surface area contributed by atoms with Gasteiger partial charge in [0.05, 0.1) is 19.3 Å². The first-order valence-electron chi connectivity index (χ1n) is 6.71. The van der Waals surface area contributed by atoms with Crippen LogP contribution in [0.25, 0.3) is 0 Å². The topological polar surface area (TPSA) is 64.8 Å².